The van der Waals surface area contributed by atoms with Crippen molar-refractivity contribution >= 4 is 11.7 Å². The van der Waals surface area contributed by atoms with Gasteiger partial charge in [0, 0.05) is 12.5 Å². The summed E-state index contributed by atoms with van der Waals surface area (Å²) in [6.45, 7) is 5.49. The first-order valence-corrected chi connectivity index (χ1v) is 9.08. The molecule has 2 aromatic rings. The van der Waals surface area contributed by atoms with Crippen LogP contribution in [0.15, 0.2) is 29.4 Å². The lowest BCUT2D eigenvalue weighted by Crippen LogP contribution is -2.20. The summed E-state index contributed by atoms with van der Waals surface area (Å²) in [5, 5.41) is 12.9. The Bertz CT molecular complexity index is 889. The molecular weight excluding hydrogens is 347 g/mol. The molecule has 1 aliphatic carbocycles. The van der Waals surface area contributed by atoms with E-state index >= 15 is 0 Å². The zero-order valence-corrected chi connectivity index (χ0v) is 15.8. The fourth-order valence-corrected chi connectivity index (χ4v) is 3.58. The Hall–Kier alpha value is -2.76. The molecule has 0 saturated heterocycles. The Labute approximate surface area is 157 Å². The van der Waals surface area contributed by atoms with Gasteiger partial charge in [0.15, 0.2) is 0 Å². The topological polar surface area (TPSA) is 71.8 Å². The van der Waals surface area contributed by atoms with Crippen LogP contribution >= 0.6 is 0 Å². The van der Waals surface area contributed by atoms with Crippen LogP contribution in [0.5, 0.6) is 0 Å². The number of aromatic nitrogens is 1. The molecule has 0 spiro atoms. The van der Waals surface area contributed by atoms with E-state index in [1.807, 2.05) is 13.8 Å². The summed E-state index contributed by atoms with van der Waals surface area (Å²) in [4.78, 5) is 16.2. The van der Waals surface area contributed by atoms with Crippen LogP contribution in [0.25, 0.3) is 11.1 Å². The Morgan fingerprint density at radius 1 is 1.30 bits per heavy atom. The predicted molar refractivity (Wildman–Crippen MR) is 100 cm³/mol. The molecule has 1 aliphatic rings. The minimum absolute atomic E-state index is 0.0712. The van der Waals surface area contributed by atoms with Crippen LogP contribution in [-0.4, -0.2) is 21.9 Å². The van der Waals surface area contributed by atoms with E-state index in [9.17, 15) is 14.4 Å². The molecule has 1 heterocycles. The second-order valence-electron chi connectivity index (χ2n) is 7.02. The average Bonchev–Trinajstić information content (AvgIpc) is 2.65. The maximum atomic E-state index is 13.5. The fraction of sp³-hybridized carbons (Fsp3) is 0.381. The number of ether oxygens (including phenoxy) is 1. The second kappa shape index (κ2) is 7.86. The van der Waals surface area contributed by atoms with Crippen LogP contribution in [0, 0.1) is 5.82 Å². The van der Waals surface area contributed by atoms with Crippen LogP contribution in [0.4, 0.5) is 4.39 Å². The number of halogens is 1. The van der Waals surface area contributed by atoms with Gasteiger partial charge in [-0.15, -0.1) is 0 Å². The van der Waals surface area contributed by atoms with Crippen molar-refractivity contribution in [2.75, 3.05) is 0 Å². The summed E-state index contributed by atoms with van der Waals surface area (Å²) in [7, 11) is 0. The van der Waals surface area contributed by atoms with Crippen molar-refractivity contribution in [3.05, 3.63) is 52.6 Å². The number of benzene rings is 1. The third kappa shape index (κ3) is 3.84. The zero-order valence-electron chi connectivity index (χ0n) is 15.8. The van der Waals surface area contributed by atoms with Crippen molar-refractivity contribution in [3.8, 4) is 11.1 Å². The number of oxime groups is 1. The second-order valence-corrected chi connectivity index (χ2v) is 7.02. The Kier molecular flexibility index (Phi) is 5.54. The molecule has 6 heteroatoms. The molecule has 0 atom stereocenters. The lowest BCUT2D eigenvalue weighted by Gasteiger charge is -2.26. The highest BCUT2D eigenvalue weighted by molar-refractivity contribution is 6.02. The van der Waals surface area contributed by atoms with E-state index < -0.39 is 0 Å². The summed E-state index contributed by atoms with van der Waals surface area (Å²) in [6, 6.07) is 6.26. The third-order valence-corrected chi connectivity index (χ3v) is 4.76. The molecule has 0 saturated carbocycles. The molecular formula is C21H23FN2O3. The number of carbonyl (C=O) groups excluding carboxylic acids is 1. The molecule has 1 N–H and O–H groups in total. The molecule has 1 aromatic heterocycles. The van der Waals surface area contributed by atoms with Crippen LogP contribution in [0.3, 0.4) is 0 Å². The number of esters is 1. The molecule has 0 radical (unpaired) electrons. The first-order valence-electron chi connectivity index (χ1n) is 9.08. The van der Waals surface area contributed by atoms with Crippen molar-refractivity contribution in [2.45, 2.75) is 52.6 Å². The summed E-state index contributed by atoms with van der Waals surface area (Å²) in [5.41, 5.74) is 5.53. The van der Waals surface area contributed by atoms with Gasteiger partial charge in [0.2, 0.25) is 0 Å². The molecule has 0 fully saturated rings. The van der Waals surface area contributed by atoms with E-state index in [4.69, 9.17) is 9.72 Å². The van der Waals surface area contributed by atoms with Gasteiger partial charge in [-0.2, -0.15) is 0 Å². The number of nitrogens with zero attached hydrogens (tertiary/aromatic N) is 2. The maximum absolute atomic E-state index is 13.5. The summed E-state index contributed by atoms with van der Waals surface area (Å²) in [6.07, 6.45) is 2.25. The number of carbonyl (C=O) groups is 1. The third-order valence-electron chi connectivity index (χ3n) is 4.76. The SMILES string of the molecule is CC(=O)OCc1c(C(C)C)nc2c(c1-c1ccc(F)cc1)CCC/C2=N/O. The van der Waals surface area contributed by atoms with Crippen molar-refractivity contribution in [1.82, 2.24) is 4.98 Å². The summed E-state index contributed by atoms with van der Waals surface area (Å²) >= 11 is 0. The Balaban J connectivity index is 2.32. The first-order chi connectivity index (χ1) is 12.9. The van der Waals surface area contributed by atoms with Crippen LogP contribution in [0.1, 0.15) is 62.0 Å². The fourth-order valence-electron chi connectivity index (χ4n) is 3.58. The van der Waals surface area contributed by atoms with Crippen molar-refractivity contribution in [2.24, 2.45) is 5.16 Å². The highest BCUT2D eigenvalue weighted by Gasteiger charge is 2.27. The average molecular weight is 370 g/mol. The van der Waals surface area contributed by atoms with Crippen LogP contribution in [-0.2, 0) is 22.6 Å². The lowest BCUT2D eigenvalue weighted by molar-refractivity contribution is -0.142. The van der Waals surface area contributed by atoms with Crippen LogP contribution in [0.2, 0.25) is 0 Å². The monoisotopic (exact) mass is 370 g/mol. The molecule has 1 aromatic carbocycles. The molecule has 0 amide bonds. The van der Waals surface area contributed by atoms with Gasteiger partial charge < -0.3 is 9.94 Å². The first kappa shape index (κ1) is 19.0. The van der Waals surface area contributed by atoms with Crippen molar-refractivity contribution in [1.29, 1.82) is 0 Å². The van der Waals surface area contributed by atoms with E-state index in [-0.39, 0.29) is 24.3 Å². The Morgan fingerprint density at radius 2 is 2.00 bits per heavy atom. The van der Waals surface area contributed by atoms with E-state index in [0.717, 1.165) is 40.8 Å². The highest BCUT2D eigenvalue weighted by Crippen LogP contribution is 2.38. The molecule has 3 rings (SSSR count). The predicted octanol–water partition coefficient (Wildman–Crippen LogP) is 4.59. The van der Waals surface area contributed by atoms with Gasteiger partial charge >= 0.3 is 5.97 Å². The van der Waals surface area contributed by atoms with Gasteiger partial charge in [-0.1, -0.05) is 31.1 Å². The highest BCUT2D eigenvalue weighted by atomic mass is 19.1. The van der Waals surface area contributed by atoms with E-state index in [0.29, 0.717) is 17.8 Å². The maximum Gasteiger partial charge on any atom is 0.302 e. The van der Waals surface area contributed by atoms with Gasteiger partial charge in [0.25, 0.3) is 0 Å². The zero-order chi connectivity index (χ0) is 19.6. The number of rotatable bonds is 4. The van der Waals surface area contributed by atoms with Crippen molar-refractivity contribution < 1.29 is 19.1 Å². The summed E-state index contributed by atoms with van der Waals surface area (Å²) in [5.74, 6) is -0.614. The Morgan fingerprint density at radius 3 is 2.59 bits per heavy atom. The molecule has 27 heavy (non-hydrogen) atoms. The van der Waals surface area contributed by atoms with Crippen LogP contribution < -0.4 is 0 Å². The minimum Gasteiger partial charge on any atom is -0.461 e. The van der Waals surface area contributed by atoms with E-state index in [2.05, 4.69) is 5.16 Å². The molecule has 5 nitrogen and oxygen atoms in total. The number of pyridine rings is 1. The molecule has 0 unspecified atom stereocenters. The molecule has 0 bridgehead atoms. The van der Waals surface area contributed by atoms with Gasteiger partial charge in [-0.25, -0.2) is 4.39 Å². The van der Waals surface area contributed by atoms with E-state index in [1.165, 1.54) is 19.1 Å². The van der Waals surface area contributed by atoms with Crippen molar-refractivity contribution in [3.63, 3.8) is 0 Å². The van der Waals surface area contributed by atoms with Gasteiger partial charge in [0.1, 0.15) is 18.1 Å². The lowest BCUT2D eigenvalue weighted by atomic mass is 9.83. The molecule has 0 aliphatic heterocycles. The number of hydrogen-bond acceptors (Lipinski definition) is 5. The minimum atomic E-state index is -0.370. The van der Waals surface area contributed by atoms with E-state index in [1.54, 1.807) is 12.1 Å². The largest absolute Gasteiger partial charge is 0.461 e. The quantitative estimate of drug-likeness (QED) is 0.485. The summed E-state index contributed by atoms with van der Waals surface area (Å²) < 4.78 is 18.8. The smallest absolute Gasteiger partial charge is 0.302 e. The standard InChI is InChI=1S/C21H23FN2O3/c1-12(2)20-17(11-27-13(3)25)19(14-7-9-15(22)10-8-14)16-5-4-6-18(24-26)21(16)23-20/h7-10,12,26H,4-6,11H2,1-3H3/b24-18-. The number of hydrogen-bond donors (Lipinski definition) is 1. The van der Waals surface area contributed by atoms with Gasteiger partial charge in [-0.3, -0.25) is 9.78 Å². The molecule has 142 valence electrons. The normalized spacial score (nSPS) is 15.1. The number of fused-ring (bicyclic) bond motifs is 1. The van der Waals surface area contributed by atoms with Gasteiger partial charge in [-0.05, 0) is 54.0 Å². The van der Waals surface area contributed by atoms with Gasteiger partial charge in [0.05, 0.1) is 11.4 Å².